The number of carboxylic acids is 1. The highest BCUT2D eigenvalue weighted by atomic mass is 16.5. The molecule has 2 N–H and O–H groups in total. The number of hydrogen-bond acceptors (Lipinski definition) is 3. The van der Waals surface area contributed by atoms with Gasteiger partial charge in [0.2, 0.25) is 0 Å². The Bertz CT molecular complexity index is 169. The molecular weight excluding hydrogens is 162 g/mol. The molecule has 5 heteroatoms. The Kier molecular flexibility index (Phi) is 4.83. The number of rotatable bonds is 4. The molecule has 0 aromatic heterocycles. The molecule has 0 rings (SSSR count). The Hall–Kier alpha value is -1.26. The molecular formula is C7H13NO4. The third-order valence-electron chi connectivity index (χ3n) is 1.21. The molecule has 1 amide bonds. The number of alkyl carbamates (subject to hydrolysis) is 1. The lowest BCUT2D eigenvalue weighted by Gasteiger charge is -2.07. The summed E-state index contributed by atoms with van der Waals surface area (Å²) in [4.78, 5) is 20.9. The summed E-state index contributed by atoms with van der Waals surface area (Å²) in [6, 6.07) is 0. The number of ether oxygens (including phenoxy) is 1. The van der Waals surface area contributed by atoms with Crippen LogP contribution in [0.2, 0.25) is 0 Å². The Labute approximate surface area is 70.7 Å². The number of aliphatic carboxylic acids is 1. The van der Waals surface area contributed by atoms with E-state index in [1.165, 1.54) is 6.92 Å². The zero-order chi connectivity index (χ0) is 9.56. The van der Waals surface area contributed by atoms with Crippen LogP contribution >= 0.6 is 0 Å². The normalized spacial score (nSPS) is 11.8. The van der Waals surface area contributed by atoms with Crippen LogP contribution in [0.1, 0.15) is 13.8 Å². The summed E-state index contributed by atoms with van der Waals surface area (Å²) in [5.74, 6) is -1.63. The molecule has 0 radical (unpaired) electrons. The quantitative estimate of drug-likeness (QED) is 0.650. The van der Waals surface area contributed by atoms with Crippen molar-refractivity contribution in [2.45, 2.75) is 13.8 Å². The van der Waals surface area contributed by atoms with Crippen LogP contribution in [0.5, 0.6) is 0 Å². The van der Waals surface area contributed by atoms with Gasteiger partial charge in [-0.25, -0.2) is 4.79 Å². The molecule has 0 aromatic rings. The van der Waals surface area contributed by atoms with Gasteiger partial charge < -0.3 is 15.2 Å². The van der Waals surface area contributed by atoms with E-state index < -0.39 is 18.0 Å². The van der Waals surface area contributed by atoms with Crippen molar-refractivity contribution in [1.29, 1.82) is 0 Å². The molecule has 0 fully saturated rings. The van der Waals surface area contributed by atoms with Crippen LogP contribution in [-0.2, 0) is 9.53 Å². The first kappa shape index (κ1) is 10.7. The van der Waals surface area contributed by atoms with E-state index >= 15 is 0 Å². The molecule has 1 unspecified atom stereocenters. The molecule has 0 saturated heterocycles. The summed E-state index contributed by atoms with van der Waals surface area (Å²) in [5, 5.41) is 10.8. The topological polar surface area (TPSA) is 75.6 Å². The maximum Gasteiger partial charge on any atom is 0.407 e. The highest BCUT2D eigenvalue weighted by Gasteiger charge is 2.12. The van der Waals surface area contributed by atoms with Gasteiger partial charge in [-0.15, -0.1) is 0 Å². The van der Waals surface area contributed by atoms with E-state index in [9.17, 15) is 9.59 Å². The molecule has 70 valence electrons. The second kappa shape index (κ2) is 5.40. The second-order valence-electron chi connectivity index (χ2n) is 2.37. The van der Waals surface area contributed by atoms with Crippen LogP contribution in [-0.4, -0.2) is 30.3 Å². The predicted molar refractivity (Wildman–Crippen MR) is 41.8 cm³/mol. The van der Waals surface area contributed by atoms with Gasteiger partial charge >= 0.3 is 12.1 Å². The molecule has 5 nitrogen and oxygen atoms in total. The number of amides is 1. The molecule has 0 saturated carbocycles. The number of nitrogens with one attached hydrogen (secondary N) is 1. The maximum atomic E-state index is 10.6. The first-order chi connectivity index (χ1) is 5.57. The average Bonchev–Trinajstić information content (AvgIpc) is 2.00. The molecule has 12 heavy (non-hydrogen) atoms. The zero-order valence-corrected chi connectivity index (χ0v) is 7.16. The Morgan fingerprint density at radius 3 is 2.58 bits per heavy atom. The lowest BCUT2D eigenvalue weighted by molar-refractivity contribution is -0.142. The van der Waals surface area contributed by atoms with E-state index in [0.29, 0.717) is 6.54 Å². The van der Waals surface area contributed by atoms with Crippen LogP contribution in [0.15, 0.2) is 0 Å². The van der Waals surface area contributed by atoms with Crippen LogP contribution in [0.4, 0.5) is 4.79 Å². The molecule has 0 aliphatic rings. The van der Waals surface area contributed by atoms with E-state index in [-0.39, 0.29) is 6.61 Å². The average molecular weight is 175 g/mol. The van der Waals surface area contributed by atoms with E-state index in [2.05, 4.69) is 10.1 Å². The fourth-order valence-corrected chi connectivity index (χ4v) is 0.467. The van der Waals surface area contributed by atoms with E-state index in [4.69, 9.17) is 5.11 Å². The molecule has 0 aliphatic carbocycles. The SMILES string of the molecule is CCNC(=O)OCC(C)C(=O)O. The first-order valence-electron chi connectivity index (χ1n) is 3.71. The second-order valence-corrected chi connectivity index (χ2v) is 2.37. The molecule has 0 aromatic carbocycles. The van der Waals surface area contributed by atoms with Gasteiger partial charge in [-0.1, -0.05) is 0 Å². The van der Waals surface area contributed by atoms with Gasteiger partial charge in [0, 0.05) is 6.54 Å². The molecule has 0 spiro atoms. The lowest BCUT2D eigenvalue weighted by Crippen LogP contribution is -2.27. The van der Waals surface area contributed by atoms with Crippen LogP contribution in [0.25, 0.3) is 0 Å². The monoisotopic (exact) mass is 175 g/mol. The van der Waals surface area contributed by atoms with Crippen molar-refractivity contribution in [3.8, 4) is 0 Å². The van der Waals surface area contributed by atoms with Gasteiger partial charge in [0.15, 0.2) is 0 Å². The van der Waals surface area contributed by atoms with Gasteiger partial charge in [0.1, 0.15) is 6.61 Å². The fourth-order valence-electron chi connectivity index (χ4n) is 0.467. The van der Waals surface area contributed by atoms with Gasteiger partial charge in [-0.2, -0.15) is 0 Å². The van der Waals surface area contributed by atoms with Crippen molar-refractivity contribution in [2.75, 3.05) is 13.2 Å². The maximum absolute atomic E-state index is 10.6. The highest BCUT2D eigenvalue weighted by Crippen LogP contribution is 1.95. The van der Waals surface area contributed by atoms with E-state index in [0.717, 1.165) is 0 Å². The van der Waals surface area contributed by atoms with Gasteiger partial charge in [-0.05, 0) is 13.8 Å². The predicted octanol–water partition coefficient (Wildman–Crippen LogP) is 0.453. The van der Waals surface area contributed by atoms with Crippen LogP contribution in [0, 0.1) is 5.92 Å². The molecule has 0 heterocycles. The van der Waals surface area contributed by atoms with Crippen molar-refractivity contribution >= 4 is 12.1 Å². The molecule has 0 aliphatic heterocycles. The Morgan fingerprint density at radius 1 is 1.58 bits per heavy atom. The Balaban J connectivity index is 3.54. The number of hydrogen-bond donors (Lipinski definition) is 2. The Morgan fingerprint density at radius 2 is 2.17 bits per heavy atom. The van der Waals surface area contributed by atoms with Crippen molar-refractivity contribution in [2.24, 2.45) is 5.92 Å². The summed E-state index contributed by atoms with van der Waals surface area (Å²) in [5.41, 5.74) is 0. The largest absolute Gasteiger partial charge is 0.481 e. The van der Waals surface area contributed by atoms with Gasteiger partial charge in [0.25, 0.3) is 0 Å². The molecule has 1 atom stereocenters. The minimum absolute atomic E-state index is 0.0961. The van der Waals surface area contributed by atoms with E-state index in [1.54, 1.807) is 6.92 Å². The number of carbonyl (C=O) groups is 2. The summed E-state index contributed by atoms with van der Waals surface area (Å²) in [6.45, 7) is 3.60. The summed E-state index contributed by atoms with van der Waals surface area (Å²) in [6.07, 6.45) is -0.578. The zero-order valence-electron chi connectivity index (χ0n) is 7.16. The summed E-state index contributed by atoms with van der Waals surface area (Å²) >= 11 is 0. The van der Waals surface area contributed by atoms with Crippen molar-refractivity contribution in [3.63, 3.8) is 0 Å². The smallest absolute Gasteiger partial charge is 0.407 e. The highest BCUT2D eigenvalue weighted by molar-refractivity contribution is 5.71. The van der Waals surface area contributed by atoms with Crippen LogP contribution in [0.3, 0.4) is 0 Å². The van der Waals surface area contributed by atoms with Gasteiger partial charge in [-0.3, -0.25) is 4.79 Å². The van der Waals surface area contributed by atoms with Crippen LogP contribution < -0.4 is 5.32 Å². The third-order valence-corrected chi connectivity index (χ3v) is 1.21. The number of carboxylic acid groups (broad SMARTS) is 1. The standard InChI is InChI=1S/C7H13NO4/c1-3-8-7(11)12-4-5(2)6(9)10/h5H,3-4H2,1-2H3,(H,8,11)(H,9,10). The third kappa shape index (κ3) is 4.54. The van der Waals surface area contributed by atoms with Crippen molar-refractivity contribution in [1.82, 2.24) is 5.32 Å². The molecule has 0 bridgehead atoms. The lowest BCUT2D eigenvalue weighted by atomic mass is 10.2. The number of carbonyl (C=O) groups excluding carboxylic acids is 1. The van der Waals surface area contributed by atoms with Gasteiger partial charge in [0.05, 0.1) is 5.92 Å². The minimum atomic E-state index is -0.973. The summed E-state index contributed by atoms with van der Waals surface area (Å²) < 4.78 is 4.57. The first-order valence-corrected chi connectivity index (χ1v) is 3.71. The fraction of sp³-hybridized carbons (Fsp3) is 0.714. The van der Waals surface area contributed by atoms with Crippen molar-refractivity contribution in [3.05, 3.63) is 0 Å². The summed E-state index contributed by atoms with van der Waals surface area (Å²) in [7, 11) is 0. The minimum Gasteiger partial charge on any atom is -0.481 e. The van der Waals surface area contributed by atoms with Crippen molar-refractivity contribution < 1.29 is 19.4 Å². The van der Waals surface area contributed by atoms with E-state index in [1.807, 2.05) is 0 Å².